The van der Waals surface area contributed by atoms with Crippen LogP contribution >= 0.6 is 0 Å². The molecule has 0 aliphatic rings. The van der Waals surface area contributed by atoms with Gasteiger partial charge in [0.2, 0.25) is 0 Å². The number of carbonyl (C=O) groups excluding carboxylic acids is 2. The van der Waals surface area contributed by atoms with E-state index >= 15 is 0 Å². The molecule has 1 aromatic rings. The van der Waals surface area contributed by atoms with Crippen LogP contribution in [0.15, 0.2) is 61.2 Å². The fourth-order valence-corrected chi connectivity index (χ4v) is 1.35. The van der Waals surface area contributed by atoms with Crippen molar-refractivity contribution in [1.82, 2.24) is 0 Å². The lowest BCUT2D eigenvalue weighted by Gasteiger charge is -2.01. The van der Waals surface area contributed by atoms with Crippen LogP contribution in [0.25, 0.3) is 6.08 Å². The lowest BCUT2D eigenvalue weighted by atomic mass is 10.2. The van der Waals surface area contributed by atoms with Gasteiger partial charge in [-0.1, -0.05) is 62.9 Å². The summed E-state index contributed by atoms with van der Waals surface area (Å²) in [5, 5.41) is 8.04. The predicted octanol–water partition coefficient (Wildman–Crippen LogP) is 4.43. The number of unbranched alkanes of at least 4 members (excludes halogenated alkanes) is 1. The minimum Gasteiger partial charge on any atom is -0.478 e. The second kappa shape index (κ2) is 18.6. The molecule has 0 amide bonds. The first kappa shape index (κ1) is 27.1. The van der Waals surface area contributed by atoms with Gasteiger partial charge >= 0.3 is 17.9 Å². The van der Waals surface area contributed by atoms with E-state index in [1.165, 1.54) is 5.56 Å². The Morgan fingerprint density at radius 3 is 2.07 bits per heavy atom. The van der Waals surface area contributed by atoms with Crippen molar-refractivity contribution >= 4 is 24.0 Å². The average Bonchev–Trinajstić information content (AvgIpc) is 2.68. The molecule has 0 aliphatic carbocycles. The van der Waals surface area contributed by atoms with Gasteiger partial charge in [-0.2, -0.15) is 0 Å². The van der Waals surface area contributed by atoms with Gasteiger partial charge in [0.05, 0.1) is 13.2 Å². The van der Waals surface area contributed by atoms with Gasteiger partial charge in [0.1, 0.15) is 0 Å². The summed E-state index contributed by atoms with van der Waals surface area (Å²) in [6, 6.07) is 10.0. The van der Waals surface area contributed by atoms with Crippen LogP contribution in [-0.2, 0) is 23.9 Å². The Hall–Kier alpha value is -3.15. The fourth-order valence-electron chi connectivity index (χ4n) is 1.35. The van der Waals surface area contributed by atoms with Crippen LogP contribution in [-0.4, -0.2) is 36.2 Å². The quantitative estimate of drug-likeness (QED) is 0.401. The van der Waals surface area contributed by atoms with Crippen molar-refractivity contribution in [2.45, 2.75) is 33.6 Å². The van der Waals surface area contributed by atoms with Crippen molar-refractivity contribution in [3.63, 3.8) is 0 Å². The van der Waals surface area contributed by atoms with Crippen molar-refractivity contribution in [2.24, 2.45) is 0 Å². The number of benzene rings is 1. The Morgan fingerprint density at radius 2 is 1.68 bits per heavy atom. The van der Waals surface area contributed by atoms with Gasteiger partial charge in [0.25, 0.3) is 0 Å². The largest absolute Gasteiger partial charge is 0.478 e. The summed E-state index contributed by atoms with van der Waals surface area (Å²) in [5.41, 5.74) is 1.64. The molecular formula is C22H30O6. The van der Waals surface area contributed by atoms with Crippen LogP contribution in [0.3, 0.4) is 0 Å². The lowest BCUT2D eigenvalue weighted by Crippen LogP contribution is -2.05. The van der Waals surface area contributed by atoms with Crippen LogP contribution in [0, 0.1) is 0 Å². The molecule has 1 N–H and O–H groups in total. The highest BCUT2D eigenvalue weighted by Gasteiger charge is 2.00. The molecular weight excluding hydrogens is 360 g/mol. The normalized spacial score (nSPS) is 9.11. The molecule has 0 spiro atoms. The third-order valence-electron chi connectivity index (χ3n) is 2.76. The van der Waals surface area contributed by atoms with Crippen molar-refractivity contribution in [2.75, 3.05) is 13.2 Å². The van der Waals surface area contributed by atoms with E-state index in [1.807, 2.05) is 36.4 Å². The molecule has 28 heavy (non-hydrogen) atoms. The zero-order valence-electron chi connectivity index (χ0n) is 16.8. The number of rotatable bonds is 8. The third kappa shape index (κ3) is 19.2. The van der Waals surface area contributed by atoms with E-state index < -0.39 is 11.9 Å². The van der Waals surface area contributed by atoms with Gasteiger partial charge < -0.3 is 14.6 Å². The van der Waals surface area contributed by atoms with E-state index in [4.69, 9.17) is 9.84 Å². The summed E-state index contributed by atoms with van der Waals surface area (Å²) >= 11 is 0. The van der Waals surface area contributed by atoms with Gasteiger partial charge in [0, 0.05) is 17.7 Å². The molecule has 0 atom stereocenters. The summed E-state index contributed by atoms with van der Waals surface area (Å²) in [6.07, 6.45) is 5.41. The highest BCUT2D eigenvalue weighted by atomic mass is 16.5. The van der Waals surface area contributed by atoms with Crippen LogP contribution in [0.2, 0.25) is 0 Å². The van der Waals surface area contributed by atoms with E-state index in [9.17, 15) is 14.4 Å². The number of esters is 2. The van der Waals surface area contributed by atoms with Crippen LogP contribution in [0.5, 0.6) is 0 Å². The first-order valence-electron chi connectivity index (χ1n) is 8.86. The summed E-state index contributed by atoms with van der Waals surface area (Å²) in [4.78, 5) is 30.9. The van der Waals surface area contributed by atoms with Gasteiger partial charge in [0.15, 0.2) is 0 Å². The Labute approximate surface area is 167 Å². The molecule has 0 radical (unpaired) electrons. The van der Waals surface area contributed by atoms with Gasteiger partial charge in [-0.05, 0) is 25.8 Å². The summed E-state index contributed by atoms with van der Waals surface area (Å²) in [7, 11) is 0. The first-order valence-corrected chi connectivity index (χ1v) is 8.86. The van der Waals surface area contributed by atoms with Crippen LogP contribution < -0.4 is 0 Å². The van der Waals surface area contributed by atoms with E-state index in [0.717, 1.165) is 25.0 Å². The van der Waals surface area contributed by atoms with Crippen LogP contribution in [0.4, 0.5) is 0 Å². The molecule has 0 aromatic heterocycles. The fraction of sp³-hybridized carbons (Fsp3) is 0.318. The molecule has 0 saturated carbocycles. The monoisotopic (exact) mass is 390 g/mol. The molecule has 1 aromatic carbocycles. The Kier molecular flexibility index (Phi) is 18.0. The molecule has 0 unspecified atom stereocenters. The lowest BCUT2D eigenvalue weighted by molar-refractivity contribution is -0.139. The predicted molar refractivity (Wildman–Crippen MR) is 111 cm³/mol. The highest BCUT2D eigenvalue weighted by molar-refractivity contribution is 5.90. The maximum Gasteiger partial charge on any atom is 0.333 e. The van der Waals surface area contributed by atoms with Gasteiger partial charge in [-0.25, -0.2) is 14.4 Å². The van der Waals surface area contributed by atoms with Crippen LogP contribution in [0.1, 0.15) is 39.2 Å². The molecule has 0 saturated heterocycles. The van der Waals surface area contributed by atoms with E-state index in [1.54, 1.807) is 13.8 Å². The second-order valence-electron chi connectivity index (χ2n) is 5.31. The average molecular weight is 390 g/mol. The SMILES string of the molecule is C=C(C)C(=O)OCCCC.C=Cc1ccccc1.CCOC(=O)C=CC(=O)O. The third-order valence-corrected chi connectivity index (χ3v) is 2.76. The molecule has 154 valence electrons. The molecule has 0 bridgehead atoms. The minimum atomic E-state index is -1.16. The number of ether oxygens (including phenoxy) is 2. The number of hydrogen-bond acceptors (Lipinski definition) is 5. The van der Waals surface area contributed by atoms with Crippen molar-refractivity contribution in [3.8, 4) is 0 Å². The van der Waals surface area contributed by atoms with E-state index in [2.05, 4.69) is 24.8 Å². The second-order valence-corrected chi connectivity index (χ2v) is 5.31. The maximum absolute atomic E-state index is 10.7. The summed E-state index contributed by atoms with van der Waals surface area (Å²) < 4.78 is 9.21. The number of carboxylic acids is 1. The van der Waals surface area contributed by atoms with E-state index in [-0.39, 0.29) is 12.6 Å². The molecule has 0 fully saturated rings. The highest BCUT2D eigenvalue weighted by Crippen LogP contribution is 1.97. The molecule has 6 heteroatoms. The number of carbonyl (C=O) groups is 3. The minimum absolute atomic E-state index is 0.253. The van der Waals surface area contributed by atoms with Crippen molar-refractivity contribution in [1.29, 1.82) is 0 Å². The number of carboxylic acid groups (broad SMARTS) is 1. The Morgan fingerprint density at radius 1 is 1.07 bits per heavy atom. The Balaban J connectivity index is 0. The zero-order valence-corrected chi connectivity index (χ0v) is 16.8. The van der Waals surface area contributed by atoms with Crippen molar-refractivity contribution in [3.05, 3.63) is 66.8 Å². The van der Waals surface area contributed by atoms with E-state index in [0.29, 0.717) is 12.2 Å². The standard InChI is InChI=1S/C8H14O2.C8H8.C6H8O4/c1-4-5-6-10-8(9)7(2)3;1-2-8-6-4-3-5-7-8;1-2-10-6(9)4-3-5(7)8/h2,4-6H2,1,3H3;2-7H,1H2;3-4H,2H2,1H3,(H,7,8). The number of aliphatic carboxylic acids is 1. The topological polar surface area (TPSA) is 89.9 Å². The van der Waals surface area contributed by atoms with Crippen molar-refractivity contribution < 1.29 is 29.0 Å². The Bertz CT molecular complexity index is 632. The summed E-state index contributed by atoms with van der Waals surface area (Å²) in [5.74, 6) is -2.08. The first-order chi connectivity index (χ1) is 13.3. The molecule has 0 heterocycles. The zero-order chi connectivity index (χ0) is 21.8. The smallest absolute Gasteiger partial charge is 0.333 e. The maximum atomic E-state index is 10.7. The van der Waals surface area contributed by atoms with Gasteiger partial charge in [-0.3, -0.25) is 0 Å². The molecule has 0 aliphatic heterocycles. The van der Waals surface area contributed by atoms with Gasteiger partial charge in [-0.15, -0.1) is 0 Å². The summed E-state index contributed by atoms with van der Waals surface area (Å²) in [6.45, 7) is 13.2. The molecule has 6 nitrogen and oxygen atoms in total. The molecule has 1 rings (SSSR count). The number of hydrogen-bond donors (Lipinski definition) is 1.